The molecule has 1 amide bonds. The molecule has 76 valence electrons. The number of hydrogen-bond acceptors (Lipinski definition) is 4. The number of aromatic nitrogens is 1. The Bertz CT molecular complexity index is 291. The third-order valence-electron chi connectivity index (χ3n) is 2.38. The van der Waals surface area contributed by atoms with Gasteiger partial charge in [-0.1, -0.05) is 0 Å². The van der Waals surface area contributed by atoms with Gasteiger partial charge in [-0.2, -0.15) is 0 Å². The van der Waals surface area contributed by atoms with E-state index in [0.29, 0.717) is 18.2 Å². The van der Waals surface area contributed by atoms with Crippen LogP contribution in [0.4, 0.5) is 0 Å². The molecule has 0 radical (unpaired) electrons. The number of nitrogens with zero attached hydrogens (tertiary/aromatic N) is 1. The average Bonchev–Trinajstić information content (AvgIpc) is 2.87. The highest BCUT2D eigenvalue weighted by Crippen LogP contribution is 2.05. The lowest BCUT2D eigenvalue weighted by Crippen LogP contribution is -2.30. The molecule has 2 rings (SSSR count). The van der Waals surface area contributed by atoms with Crippen LogP contribution in [0.1, 0.15) is 16.9 Å². The highest BCUT2D eigenvalue weighted by atomic mass is 16.3. The SMILES string of the molecule is O=C(NCC1CCNC1)c1cocn1. The van der Waals surface area contributed by atoms with E-state index >= 15 is 0 Å². The molecule has 1 aliphatic rings. The van der Waals surface area contributed by atoms with E-state index in [4.69, 9.17) is 4.42 Å². The molecule has 14 heavy (non-hydrogen) atoms. The minimum atomic E-state index is -0.161. The van der Waals surface area contributed by atoms with Gasteiger partial charge in [-0.25, -0.2) is 4.98 Å². The van der Waals surface area contributed by atoms with Gasteiger partial charge >= 0.3 is 0 Å². The van der Waals surface area contributed by atoms with Crippen molar-refractivity contribution in [1.29, 1.82) is 0 Å². The Morgan fingerprint density at radius 2 is 2.71 bits per heavy atom. The Labute approximate surface area is 81.9 Å². The summed E-state index contributed by atoms with van der Waals surface area (Å²) in [5.41, 5.74) is 0.343. The van der Waals surface area contributed by atoms with Crippen LogP contribution in [0.25, 0.3) is 0 Å². The Morgan fingerprint density at radius 1 is 1.79 bits per heavy atom. The molecule has 5 heteroatoms. The predicted molar refractivity (Wildman–Crippen MR) is 49.8 cm³/mol. The summed E-state index contributed by atoms with van der Waals surface area (Å²) in [5.74, 6) is 0.386. The zero-order valence-corrected chi connectivity index (χ0v) is 7.82. The topological polar surface area (TPSA) is 67.2 Å². The van der Waals surface area contributed by atoms with E-state index in [1.807, 2.05) is 0 Å². The summed E-state index contributed by atoms with van der Waals surface area (Å²) in [4.78, 5) is 15.2. The number of amides is 1. The molecule has 1 unspecified atom stereocenters. The molecule has 2 N–H and O–H groups in total. The first-order valence-electron chi connectivity index (χ1n) is 4.73. The van der Waals surface area contributed by atoms with Crippen molar-refractivity contribution in [3.8, 4) is 0 Å². The van der Waals surface area contributed by atoms with Crippen molar-refractivity contribution >= 4 is 5.91 Å². The third-order valence-corrected chi connectivity index (χ3v) is 2.38. The lowest BCUT2D eigenvalue weighted by atomic mass is 10.1. The predicted octanol–water partition coefficient (Wildman–Crippen LogP) is 0.0139. The number of hydrogen-bond donors (Lipinski definition) is 2. The second kappa shape index (κ2) is 4.23. The first kappa shape index (κ1) is 9.21. The number of carbonyl (C=O) groups is 1. The fourth-order valence-electron chi connectivity index (χ4n) is 1.54. The van der Waals surface area contributed by atoms with Crippen molar-refractivity contribution in [2.75, 3.05) is 19.6 Å². The van der Waals surface area contributed by atoms with Gasteiger partial charge in [0.15, 0.2) is 12.1 Å². The Hall–Kier alpha value is -1.36. The van der Waals surface area contributed by atoms with Crippen molar-refractivity contribution < 1.29 is 9.21 Å². The molecular formula is C9H13N3O2. The van der Waals surface area contributed by atoms with Gasteiger partial charge in [-0.15, -0.1) is 0 Å². The Balaban J connectivity index is 1.78. The van der Waals surface area contributed by atoms with Crippen LogP contribution in [0.5, 0.6) is 0 Å². The van der Waals surface area contributed by atoms with E-state index in [0.717, 1.165) is 19.5 Å². The molecule has 0 saturated carbocycles. The van der Waals surface area contributed by atoms with Gasteiger partial charge in [0.2, 0.25) is 0 Å². The van der Waals surface area contributed by atoms with E-state index in [1.165, 1.54) is 12.7 Å². The monoisotopic (exact) mass is 195 g/mol. The maximum atomic E-state index is 11.4. The number of oxazole rings is 1. The van der Waals surface area contributed by atoms with Crippen molar-refractivity contribution in [1.82, 2.24) is 15.6 Å². The molecular weight excluding hydrogens is 182 g/mol. The van der Waals surface area contributed by atoms with Crippen molar-refractivity contribution in [3.63, 3.8) is 0 Å². The summed E-state index contributed by atoms with van der Waals surface area (Å²) in [6, 6.07) is 0. The van der Waals surface area contributed by atoms with E-state index in [2.05, 4.69) is 15.6 Å². The summed E-state index contributed by atoms with van der Waals surface area (Å²) in [6.07, 6.45) is 3.73. The van der Waals surface area contributed by atoms with E-state index in [1.54, 1.807) is 0 Å². The van der Waals surface area contributed by atoms with Crippen LogP contribution < -0.4 is 10.6 Å². The van der Waals surface area contributed by atoms with Crippen LogP contribution in [0.15, 0.2) is 17.1 Å². The molecule has 2 heterocycles. The van der Waals surface area contributed by atoms with Crippen LogP contribution in [0.3, 0.4) is 0 Å². The van der Waals surface area contributed by atoms with Gasteiger partial charge in [0.1, 0.15) is 6.26 Å². The highest BCUT2D eigenvalue weighted by molar-refractivity contribution is 5.91. The van der Waals surface area contributed by atoms with Crippen LogP contribution in [-0.2, 0) is 0 Å². The molecule has 1 aromatic rings. The Kier molecular flexibility index (Phi) is 2.78. The van der Waals surface area contributed by atoms with Gasteiger partial charge in [-0.05, 0) is 25.4 Å². The molecule has 0 spiro atoms. The second-order valence-electron chi connectivity index (χ2n) is 3.44. The van der Waals surface area contributed by atoms with Crippen LogP contribution >= 0.6 is 0 Å². The van der Waals surface area contributed by atoms with Crippen molar-refractivity contribution in [3.05, 3.63) is 18.4 Å². The largest absolute Gasteiger partial charge is 0.451 e. The fourth-order valence-corrected chi connectivity index (χ4v) is 1.54. The van der Waals surface area contributed by atoms with Crippen molar-refractivity contribution in [2.45, 2.75) is 6.42 Å². The van der Waals surface area contributed by atoms with E-state index < -0.39 is 0 Å². The molecule has 1 saturated heterocycles. The van der Waals surface area contributed by atoms with Crippen LogP contribution in [0, 0.1) is 5.92 Å². The third kappa shape index (κ3) is 2.11. The zero-order valence-electron chi connectivity index (χ0n) is 7.82. The maximum absolute atomic E-state index is 11.4. The smallest absolute Gasteiger partial charge is 0.273 e. The molecule has 1 aliphatic heterocycles. The van der Waals surface area contributed by atoms with E-state index in [-0.39, 0.29) is 5.91 Å². The highest BCUT2D eigenvalue weighted by Gasteiger charge is 2.16. The summed E-state index contributed by atoms with van der Waals surface area (Å²) < 4.78 is 4.72. The second-order valence-corrected chi connectivity index (χ2v) is 3.44. The summed E-state index contributed by atoms with van der Waals surface area (Å²) in [7, 11) is 0. The quantitative estimate of drug-likeness (QED) is 0.713. The molecule has 1 fully saturated rings. The minimum Gasteiger partial charge on any atom is -0.451 e. The molecule has 5 nitrogen and oxygen atoms in total. The lowest BCUT2D eigenvalue weighted by molar-refractivity contribution is 0.0943. The summed E-state index contributed by atoms with van der Waals surface area (Å²) >= 11 is 0. The first-order valence-corrected chi connectivity index (χ1v) is 4.73. The van der Waals surface area contributed by atoms with Crippen LogP contribution in [0.2, 0.25) is 0 Å². The summed E-state index contributed by atoms with van der Waals surface area (Å²) in [5, 5.41) is 6.07. The van der Waals surface area contributed by atoms with Crippen molar-refractivity contribution in [2.24, 2.45) is 5.92 Å². The molecule has 0 bridgehead atoms. The van der Waals surface area contributed by atoms with E-state index in [9.17, 15) is 4.79 Å². The lowest BCUT2D eigenvalue weighted by Gasteiger charge is -2.08. The molecule has 0 aromatic carbocycles. The minimum absolute atomic E-state index is 0.161. The van der Waals surface area contributed by atoms with Crippen LogP contribution in [-0.4, -0.2) is 30.5 Å². The normalized spacial score (nSPS) is 21.0. The number of nitrogens with one attached hydrogen (secondary N) is 2. The standard InChI is InChI=1S/C9H13N3O2/c13-9(8-5-14-6-12-8)11-4-7-1-2-10-3-7/h5-7,10H,1-4H2,(H,11,13). The molecule has 1 atom stereocenters. The maximum Gasteiger partial charge on any atom is 0.273 e. The average molecular weight is 195 g/mol. The van der Waals surface area contributed by atoms with Gasteiger partial charge in [0.05, 0.1) is 0 Å². The summed E-state index contributed by atoms with van der Waals surface area (Å²) in [6.45, 7) is 2.74. The number of carbonyl (C=O) groups excluding carboxylic acids is 1. The Morgan fingerprint density at radius 3 is 3.36 bits per heavy atom. The number of rotatable bonds is 3. The van der Waals surface area contributed by atoms with Gasteiger partial charge < -0.3 is 15.1 Å². The molecule has 0 aliphatic carbocycles. The van der Waals surface area contributed by atoms with Gasteiger partial charge in [0.25, 0.3) is 5.91 Å². The van der Waals surface area contributed by atoms with Gasteiger partial charge in [0, 0.05) is 6.54 Å². The fraction of sp³-hybridized carbons (Fsp3) is 0.556. The van der Waals surface area contributed by atoms with Gasteiger partial charge in [-0.3, -0.25) is 4.79 Å². The first-order chi connectivity index (χ1) is 6.86. The zero-order chi connectivity index (χ0) is 9.80. The molecule has 1 aromatic heterocycles.